The molecule has 2 aromatic heterocycles. The van der Waals surface area contributed by atoms with Gasteiger partial charge in [0.25, 0.3) is 11.1 Å². The van der Waals surface area contributed by atoms with Crippen LogP contribution in [0.1, 0.15) is 45.8 Å². The Kier molecular flexibility index (Phi) is 10.1. The van der Waals surface area contributed by atoms with Crippen molar-refractivity contribution in [2.75, 3.05) is 0 Å². The highest BCUT2D eigenvalue weighted by atomic mass is 35.5. The summed E-state index contributed by atoms with van der Waals surface area (Å²) in [6.07, 6.45) is -12.3. The van der Waals surface area contributed by atoms with E-state index in [2.05, 4.69) is 0 Å². The largest absolute Gasteiger partial charge is 0.431 e. The number of H-pyrrole nitrogens is 2. The van der Waals surface area contributed by atoms with Gasteiger partial charge in [0, 0.05) is 33.3 Å². The number of rotatable bonds is 8. The van der Waals surface area contributed by atoms with Crippen molar-refractivity contribution in [3.63, 3.8) is 0 Å². The van der Waals surface area contributed by atoms with Crippen LogP contribution in [-0.2, 0) is 17.1 Å². The molecule has 2 unspecified atom stereocenters. The fourth-order valence-corrected chi connectivity index (χ4v) is 6.02. The molecule has 0 fully saturated rings. The van der Waals surface area contributed by atoms with Crippen LogP contribution in [0.5, 0.6) is 0 Å². The SMILES string of the molecule is O=c1cc(C(F)(F)F)[nH]c(=O)n1-c1ccc(Cl)c(C(OC(c2ccccc2)c2cc(-n3c(=O)cc(C(F)(F)F)[nH]c3=O)ccc2Cl)c2ccccc2)c1. The third kappa shape index (κ3) is 7.77. The number of halogens is 8. The summed E-state index contributed by atoms with van der Waals surface area (Å²) in [6, 6.07) is 25.1. The van der Waals surface area contributed by atoms with E-state index in [1.54, 1.807) is 70.6 Å². The molecule has 17 heteroatoms. The first kappa shape index (κ1) is 37.1. The molecule has 53 heavy (non-hydrogen) atoms. The molecule has 4 aromatic carbocycles. The minimum absolute atomic E-state index is 0.0634. The van der Waals surface area contributed by atoms with Gasteiger partial charge in [-0.25, -0.2) is 18.7 Å². The fraction of sp³-hybridized carbons (Fsp3) is 0.111. The lowest BCUT2D eigenvalue weighted by atomic mass is 9.97. The first-order valence-electron chi connectivity index (χ1n) is 15.2. The van der Waals surface area contributed by atoms with E-state index < -0.39 is 58.4 Å². The molecule has 0 saturated carbocycles. The minimum atomic E-state index is -4.99. The van der Waals surface area contributed by atoms with E-state index >= 15 is 0 Å². The predicted octanol–water partition coefficient (Wildman–Crippen LogP) is 7.61. The topological polar surface area (TPSA) is 119 Å². The molecule has 0 saturated heterocycles. The lowest BCUT2D eigenvalue weighted by Crippen LogP contribution is -2.36. The molecular formula is C36H22Cl2F6N4O5. The maximum absolute atomic E-state index is 13.3. The Balaban J connectivity index is 1.52. The molecule has 0 spiro atoms. The molecule has 0 amide bonds. The molecule has 2 heterocycles. The number of benzene rings is 4. The smallest absolute Gasteiger partial charge is 0.356 e. The van der Waals surface area contributed by atoms with Gasteiger partial charge in [0.2, 0.25) is 0 Å². The van der Waals surface area contributed by atoms with E-state index in [1.807, 2.05) is 0 Å². The summed E-state index contributed by atoms with van der Waals surface area (Å²) >= 11 is 13.4. The number of hydrogen-bond acceptors (Lipinski definition) is 5. The minimum Gasteiger partial charge on any atom is -0.356 e. The van der Waals surface area contributed by atoms with Gasteiger partial charge in [-0.2, -0.15) is 26.3 Å². The van der Waals surface area contributed by atoms with E-state index in [9.17, 15) is 45.5 Å². The van der Waals surface area contributed by atoms with E-state index in [-0.39, 0.29) is 44.7 Å². The van der Waals surface area contributed by atoms with Gasteiger partial charge in [-0.3, -0.25) is 9.59 Å². The van der Waals surface area contributed by atoms with Gasteiger partial charge >= 0.3 is 23.7 Å². The summed E-state index contributed by atoms with van der Waals surface area (Å²) in [5.41, 5.74) is -7.37. The zero-order valence-electron chi connectivity index (χ0n) is 26.5. The van der Waals surface area contributed by atoms with E-state index in [0.717, 1.165) is 0 Å². The summed E-state index contributed by atoms with van der Waals surface area (Å²) in [5.74, 6) is 0. The summed E-state index contributed by atoms with van der Waals surface area (Å²) in [5, 5.41) is 0.127. The summed E-state index contributed by atoms with van der Waals surface area (Å²) in [7, 11) is 0. The van der Waals surface area contributed by atoms with Gasteiger partial charge in [-0.15, -0.1) is 0 Å². The Morgan fingerprint density at radius 1 is 0.528 bits per heavy atom. The van der Waals surface area contributed by atoms with Crippen LogP contribution in [0.15, 0.2) is 128 Å². The maximum atomic E-state index is 13.3. The maximum Gasteiger partial charge on any atom is 0.431 e. The summed E-state index contributed by atoms with van der Waals surface area (Å²) < 4.78 is 87.6. The van der Waals surface area contributed by atoms with E-state index in [4.69, 9.17) is 27.9 Å². The highest BCUT2D eigenvalue weighted by Crippen LogP contribution is 2.41. The van der Waals surface area contributed by atoms with Crippen LogP contribution in [0.4, 0.5) is 26.3 Å². The lowest BCUT2D eigenvalue weighted by Gasteiger charge is -2.28. The first-order valence-corrected chi connectivity index (χ1v) is 16.0. The van der Waals surface area contributed by atoms with Crippen LogP contribution in [0.2, 0.25) is 10.0 Å². The van der Waals surface area contributed by atoms with Crippen molar-refractivity contribution in [1.29, 1.82) is 0 Å². The molecule has 6 rings (SSSR count). The van der Waals surface area contributed by atoms with Gasteiger partial charge in [-0.1, -0.05) is 83.9 Å². The van der Waals surface area contributed by atoms with Crippen LogP contribution < -0.4 is 22.5 Å². The zero-order valence-corrected chi connectivity index (χ0v) is 28.0. The Hall–Kier alpha value is -5.64. The predicted molar refractivity (Wildman–Crippen MR) is 183 cm³/mol. The van der Waals surface area contributed by atoms with Gasteiger partial charge in [0.05, 0.1) is 11.4 Å². The molecule has 0 aliphatic heterocycles. The highest BCUT2D eigenvalue weighted by molar-refractivity contribution is 6.31. The summed E-state index contributed by atoms with van der Waals surface area (Å²) in [6.45, 7) is 0. The van der Waals surface area contributed by atoms with Crippen molar-refractivity contribution < 1.29 is 31.1 Å². The average Bonchev–Trinajstić information content (AvgIpc) is 3.10. The molecule has 2 atom stereocenters. The van der Waals surface area contributed by atoms with Crippen molar-refractivity contribution in [1.82, 2.24) is 19.1 Å². The average molecular weight is 775 g/mol. The zero-order chi connectivity index (χ0) is 38.2. The molecule has 9 nitrogen and oxygen atoms in total. The fourth-order valence-electron chi connectivity index (χ4n) is 5.58. The molecule has 2 N–H and O–H groups in total. The number of alkyl halides is 6. The van der Waals surface area contributed by atoms with Gasteiger partial charge in [-0.05, 0) is 47.5 Å². The number of hydrogen-bond donors (Lipinski definition) is 2. The van der Waals surface area contributed by atoms with Crippen molar-refractivity contribution >= 4 is 23.2 Å². The molecule has 6 aromatic rings. The number of nitrogens with one attached hydrogen (secondary N) is 2. The Bertz CT molecular complexity index is 2310. The van der Waals surface area contributed by atoms with Gasteiger partial charge < -0.3 is 14.7 Å². The molecule has 272 valence electrons. The molecule has 0 radical (unpaired) electrons. The second-order valence-electron chi connectivity index (χ2n) is 11.4. The number of aromatic nitrogens is 4. The van der Waals surface area contributed by atoms with Crippen molar-refractivity contribution in [2.45, 2.75) is 24.6 Å². The quantitative estimate of drug-likeness (QED) is 0.155. The monoisotopic (exact) mass is 774 g/mol. The van der Waals surface area contributed by atoms with Gasteiger partial charge in [0.1, 0.15) is 23.6 Å². The Labute approximate surface area is 303 Å². The van der Waals surface area contributed by atoms with Gasteiger partial charge in [0.15, 0.2) is 0 Å². The van der Waals surface area contributed by atoms with Crippen LogP contribution in [-0.4, -0.2) is 19.1 Å². The Morgan fingerprint density at radius 3 is 1.21 bits per heavy atom. The number of ether oxygens (including phenoxy) is 1. The van der Waals surface area contributed by atoms with Crippen LogP contribution in [0.3, 0.4) is 0 Å². The van der Waals surface area contributed by atoms with Crippen LogP contribution in [0, 0.1) is 0 Å². The normalized spacial score (nSPS) is 13.1. The number of nitrogens with zero attached hydrogens (tertiary/aromatic N) is 2. The second-order valence-corrected chi connectivity index (χ2v) is 12.3. The van der Waals surface area contributed by atoms with Crippen molar-refractivity contribution in [2.24, 2.45) is 0 Å². The first-order chi connectivity index (χ1) is 25.0. The van der Waals surface area contributed by atoms with Crippen LogP contribution >= 0.6 is 23.2 Å². The van der Waals surface area contributed by atoms with E-state index in [1.165, 1.54) is 36.4 Å². The molecule has 0 aliphatic carbocycles. The highest BCUT2D eigenvalue weighted by Gasteiger charge is 2.34. The standard InChI is InChI=1S/C36H22Cl2F6N4O5/c37-25-13-11-21(47-29(49)17-27(35(39,40)41)45-33(47)51)15-23(25)31(19-7-3-1-4-8-19)53-32(20-9-5-2-6-10-20)24-16-22(12-14-26(24)38)48-30(50)18-28(36(42,43)44)46-34(48)52/h1-18,31-32H,(H,45,51)(H,46,52). The third-order valence-electron chi connectivity index (χ3n) is 7.99. The third-order valence-corrected chi connectivity index (χ3v) is 8.68. The Morgan fingerprint density at radius 2 is 0.887 bits per heavy atom. The second kappa shape index (κ2) is 14.4. The molecular weight excluding hydrogens is 753 g/mol. The molecule has 0 aliphatic rings. The molecule has 0 bridgehead atoms. The van der Waals surface area contributed by atoms with Crippen molar-refractivity contribution in [3.05, 3.63) is 195 Å². The number of aromatic amines is 2. The van der Waals surface area contributed by atoms with Crippen molar-refractivity contribution in [3.8, 4) is 11.4 Å². The van der Waals surface area contributed by atoms with Crippen LogP contribution in [0.25, 0.3) is 11.4 Å². The summed E-state index contributed by atoms with van der Waals surface area (Å²) in [4.78, 5) is 54.7. The lowest BCUT2D eigenvalue weighted by molar-refractivity contribution is -0.142. The van der Waals surface area contributed by atoms with E-state index in [0.29, 0.717) is 20.3 Å².